The summed E-state index contributed by atoms with van der Waals surface area (Å²) in [6.45, 7) is 6.23. The average molecular weight is 461 g/mol. The van der Waals surface area contributed by atoms with Crippen molar-refractivity contribution in [1.82, 2.24) is 9.80 Å². The molecule has 1 fully saturated rings. The van der Waals surface area contributed by atoms with Gasteiger partial charge < -0.3 is 14.6 Å². The molecule has 1 saturated heterocycles. The Bertz CT molecular complexity index is 964. The summed E-state index contributed by atoms with van der Waals surface area (Å²) >= 11 is 0. The molecule has 0 amide bonds. The fourth-order valence-corrected chi connectivity index (χ4v) is 4.21. The molecule has 0 atom stereocenters. The van der Waals surface area contributed by atoms with Gasteiger partial charge in [0.2, 0.25) is 0 Å². The third-order valence-electron chi connectivity index (χ3n) is 6.05. The van der Waals surface area contributed by atoms with Crippen LogP contribution in [0.5, 0.6) is 5.75 Å². The van der Waals surface area contributed by atoms with Crippen molar-refractivity contribution in [3.8, 4) is 5.75 Å². The summed E-state index contributed by atoms with van der Waals surface area (Å²) in [7, 11) is 0. The van der Waals surface area contributed by atoms with Gasteiger partial charge in [0.1, 0.15) is 11.9 Å². The molecule has 1 heterocycles. The van der Waals surface area contributed by atoms with E-state index in [1.54, 1.807) is 0 Å². The van der Waals surface area contributed by atoms with Gasteiger partial charge in [0.25, 0.3) is 0 Å². The Balaban J connectivity index is 1.21. The van der Waals surface area contributed by atoms with Crippen molar-refractivity contribution >= 4 is 5.97 Å². The van der Waals surface area contributed by atoms with E-state index in [4.69, 9.17) is 14.6 Å². The lowest BCUT2D eigenvalue weighted by Gasteiger charge is -2.35. The quantitative estimate of drug-likeness (QED) is 0.465. The van der Waals surface area contributed by atoms with Gasteiger partial charge in [-0.1, -0.05) is 72.8 Å². The number of carboxylic acids is 1. The lowest BCUT2D eigenvalue weighted by Crippen LogP contribution is -2.46. The summed E-state index contributed by atoms with van der Waals surface area (Å²) in [5.74, 6) is -0.386. The van der Waals surface area contributed by atoms with Crippen LogP contribution in [0.3, 0.4) is 0 Å². The Hall–Kier alpha value is -3.19. The van der Waals surface area contributed by atoms with E-state index in [2.05, 4.69) is 58.3 Å². The fourth-order valence-electron chi connectivity index (χ4n) is 4.21. The largest absolute Gasteiger partial charge is 0.482 e. The van der Waals surface area contributed by atoms with Gasteiger partial charge in [-0.15, -0.1) is 0 Å². The van der Waals surface area contributed by atoms with Crippen LogP contribution in [0.4, 0.5) is 0 Å². The number of carboxylic acid groups (broad SMARTS) is 1. The predicted molar refractivity (Wildman–Crippen MR) is 132 cm³/mol. The van der Waals surface area contributed by atoms with E-state index in [0.29, 0.717) is 12.4 Å². The third-order valence-corrected chi connectivity index (χ3v) is 6.05. The highest BCUT2D eigenvalue weighted by molar-refractivity contribution is 5.68. The summed E-state index contributed by atoms with van der Waals surface area (Å²) in [5.41, 5.74) is 3.56. The van der Waals surface area contributed by atoms with Gasteiger partial charge in [-0.2, -0.15) is 0 Å². The Morgan fingerprint density at radius 1 is 0.794 bits per heavy atom. The number of rotatable bonds is 11. The van der Waals surface area contributed by atoms with Gasteiger partial charge in [0.15, 0.2) is 6.61 Å². The van der Waals surface area contributed by atoms with E-state index >= 15 is 0 Å². The molecule has 0 saturated carbocycles. The van der Waals surface area contributed by atoms with Crippen molar-refractivity contribution in [3.63, 3.8) is 0 Å². The summed E-state index contributed by atoms with van der Waals surface area (Å²) in [6, 6.07) is 28.5. The highest BCUT2D eigenvalue weighted by Crippen LogP contribution is 2.25. The van der Waals surface area contributed by atoms with Gasteiger partial charge >= 0.3 is 5.97 Å². The van der Waals surface area contributed by atoms with Crippen LogP contribution >= 0.6 is 0 Å². The number of aliphatic carboxylic acids is 1. The molecule has 1 aliphatic heterocycles. The number of benzene rings is 3. The molecule has 0 unspecified atom stereocenters. The Morgan fingerprint density at radius 2 is 1.35 bits per heavy atom. The number of hydrogen-bond donors (Lipinski definition) is 1. The molecule has 1 N–H and O–H groups in total. The zero-order chi connectivity index (χ0) is 23.6. The van der Waals surface area contributed by atoms with Gasteiger partial charge in [0.05, 0.1) is 6.61 Å². The predicted octanol–water partition coefficient (Wildman–Crippen LogP) is 4.07. The minimum absolute atomic E-state index is 0.0499. The maximum Gasteiger partial charge on any atom is 0.341 e. The van der Waals surface area contributed by atoms with Crippen molar-refractivity contribution in [1.29, 1.82) is 0 Å². The molecule has 34 heavy (non-hydrogen) atoms. The second kappa shape index (κ2) is 12.3. The van der Waals surface area contributed by atoms with Crippen LogP contribution in [0.15, 0.2) is 84.9 Å². The molecular weight excluding hydrogens is 428 g/mol. The minimum atomic E-state index is -0.969. The van der Waals surface area contributed by atoms with Crippen molar-refractivity contribution < 1.29 is 19.4 Å². The van der Waals surface area contributed by atoms with E-state index in [1.807, 2.05) is 36.4 Å². The summed E-state index contributed by atoms with van der Waals surface area (Å²) < 4.78 is 11.6. The maximum absolute atomic E-state index is 10.6. The minimum Gasteiger partial charge on any atom is -0.482 e. The maximum atomic E-state index is 10.6. The second-order valence-electron chi connectivity index (χ2n) is 8.52. The lowest BCUT2D eigenvalue weighted by atomic mass is 10.0. The summed E-state index contributed by atoms with van der Waals surface area (Å²) in [5, 5.41) is 8.71. The first-order valence-corrected chi connectivity index (χ1v) is 11.8. The zero-order valence-corrected chi connectivity index (χ0v) is 19.4. The van der Waals surface area contributed by atoms with Crippen LogP contribution in [-0.2, 0) is 16.1 Å². The number of ether oxygens (including phenoxy) is 2. The van der Waals surface area contributed by atoms with Gasteiger partial charge in [0, 0.05) is 39.3 Å². The van der Waals surface area contributed by atoms with Gasteiger partial charge in [-0.25, -0.2) is 4.79 Å². The van der Waals surface area contributed by atoms with Crippen LogP contribution in [-0.4, -0.2) is 66.8 Å². The molecular formula is C28H32N2O4. The Kier molecular flexibility index (Phi) is 8.68. The Labute approximate surface area is 201 Å². The molecule has 6 nitrogen and oxygen atoms in total. The second-order valence-corrected chi connectivity index (χ2v) is 8.52. The first-order chi connectivity index (χ1) is 16.7. The van der Waals surface area contributed by atoms with Crippen molar-refractivity contribution in [2.24, 2.45) is 0 Å². The smallest absolute Gasteiger partial charge is 0.341 e. The van der Waals surface area contributed by atoms with E-state index < -0.39 is 5.97 Å². The van der Waals surface area contributed by atoms with Gasteiger partial charge in [-0.05, 0) is 28.8 Å². The fraction of sp³-hybridized carbons (Fsp3) is 0.321. The van der Waals surface area contributed by atoms with Crippen LogP contribution in [0.2, 0.25) is 0 Å². The normalized spacial score (nSPS) is 14.9. The van der Waals surface area contributed by atoms with Crippen molar-refractivity contribution in [2.75, 3.05) is 45.9 Å². The molecule has 3 aromatic carbocycles. The SMILES string of the molecule is O=C(O)COc1ccc(CN2CCN(CCOC(c3ccccc3)c3ccccc3)CC2)cc1. The molecule has 4 rings (SSSR count). The van der Waals surface area contributed by atoms with Crippen molar-refractivity contribution in [3.05, 3.63) is 102 Å². The lowest BCUT2D eigenvalue weighted by molar-refractivity contribution is -0.139. The number of nitrogens with zero attached hydrogens (tertiary/aromatic N) is 2. The molecule has 3 aromatic rings. The van der Waals surface area contributed by atoms with Crippen LogP contribution in [0.25, 0.3) is 0 Å². The zero-order valence-electron chi connectivity index (χ0n) is 19.4. The number of carbonyl (C=O) groups is 1. The van der Waals surface area contributed by atoms with Crippen LogP contribution in [0.1, 0.15) is 22.8 Å². The average Bonchev–Trinajstić information content (AvgIpc) is 2.88. The van der Waals surface area contributed by atoms with Crippen LogP contribution in [0, 0.1) is 0 Å². The molecule has 0 aliphatic carbocycles. The first-order valence-electron chi connectivity index (χ1n) is 11.8. The third kappa shape index (κ3) is 7.15. The standard InChI is InChI=1S/C28H32N2O4/c31-27(32)22-34-26-13-11-23(12-14-26)21-30-17-15-29(16-18-30)19-20-33-28(24-7-3-1-4-8-24)25-9-5-2-6-10-25/h1-14,28H,15-22H2,(H,31,32). The molecule has 1 aliphatic rings. The summed E-state index contributed by atoms with van der Waals surface area (Å²) in [4.78, 5) is 15.5. The molecule has 6 heteroatoms. The molecule has 0 aromatic heterocycles. The summed E-state index contributed by atoms with van der Waals surface area (Å²) in [6.07, 6.45) is -0.0499. The number of hydrogen-bond acceptors (Lipinski definition) is 5. The monoisotopic (exact) mass is 460 g/mol. The van der Waals surface area contributed by atoms with E-state index in [0.717, 1.165) is 39.3 Å². The first kappa shape index (κ1) is 24.0. The van der Waals surface area contributed by atoms with Crippen LogP contribution < -0.4 is 4.74 Å². The highest BCUT2D eigenvalue weighted by atomic mass is 16.5. The van der Waals surface area contributed by atoms with E-state index in [-0.39, 0.29) is 12.7 Å². The molecule has 0 radical (unpaired) electrons. The van der Waals surface area contributed by atoms with E-state index in [1.165, 1.54) is 16.7 Å². The van der Waals surface area contributed by atoms with Crippen molar-refractivity contribution in [2.45, 2.75) is 12.6 Å². The molecule has 0 spiro atoms. The highest BCUT2D eigenvalue weighted by Gasteiger charge is 2.19. The Morgan fingerprint density at radius 3 is 1.91 bits per heavy atom. The topological polar surface area (TPSA) is 62.2 Å². The molecule has 178 valence electrons. The van der Waals surface area contributed by atoms with Gasteiger partial charge in [-0.3, -0.25) is 9.80 Å². The molecule has 0 bridgehead atoms. The number of piperazine rings is 1. The van der Waals surface area contributed by atoms with E-state index in [9.17, 15) is 4.79 Å².